The Bertz CT molecular complexity index is 2710. The smallest absolute Gasteiger partial charge is 0.0321 e. The van der Waals surface area contributed by atoms with Crippen LogP contribution in [0.4, 0.5) is 0 Å². The van der Waals surface area contributed by atoms with E-state index in [1.165, 1.54) is 53.2 Å². The average molecular weight is 1000 g/mol. The maximum atomic E-state index is 8.75. The molecule has 5 aromatic carbocycles. The monoisotopic (exact) mass is 1010 g/mol. The molecule has 3 heterocycles. The van der Waals surface area contributed by atoms with Gasteiger partial charge in [-0.2, -0.15) is 11.3 Å². The first kappa shape index (κ1) is 39.6. The molecule has 8 aromatic rings. The van der Waals surface area contributed by atoms with E-state index < -0.39 is 25.1 Å². The SMILES string of the molecule is Cc1cc(-c2[c-]ccc(-c3ccccc3)c2)nc[c]1[Ge]([CH3])([CH3])[CH3].[2H]C([2H])(c1ccnc(-c2[c-]ccc3c2sc2c(-c4ccccc4)c(C(C)C)ccc23)c1)C(C)(C)C.[Ir]. The third-order valence-electron chi connectivity index (χ3n) is 9.96. The van der Waals surface area contributed by atoms with Gasteiger partial charge in [0.1, 0.15) is 0 Å². The van der Waals surface area contributed by atoms with Crippen LogP contribution < -0.4 is 4.40 Å². The predicted octanol–water partition coefficient (Wildman–Crippen LogP) is 14.4. The zero-order valence-electron chi connectivity index (χ0n) is 36.4. The summed E-state index contributed by atoms with van der Waals surface area (Å²) in [6.07, 6.45) is 2.33. The molecule has 0 N–H and O–H groups in total. The van der Waals surface area contributed by atoms with Crippen LogP contribution in [0.1, 0.15) is 60.0 Å². The molecule has 5 heteroatoms. The molecule has 0 saturated carbocycles. The van der Waals surface area contributed by atoms with Gasteiger partial charge in [0.2, 0.25) is 0 Å². The minimum atomic E-state index is -1.85. The third-order valence-corrected chi connectivity index (χ3v) is 15.7. The molecular formula is C52H52GeIrN2S-2. The Hall–Kier alpha value is -4.19. The van der Waals surface area contributed by atoms with Crippen LogP contribution in [0.15, 0.2) is 134 Å². The molecule has 0 amide bonds. The van der Waals surface area contributed by atoms with Crippen LogP contribution in [0.25, 0.3) is 64.9 Å². The van der Waals surface area contributed by atoms with Gasteiger partial charge in [-0.15, -0.1) is 23.8 Å². The molecule has 0 spiro atoms. The summed E-state index contributed by atoms with van der Waals surface area (Å²) in [6.45, 7) is 12.5. The topological polar surface area (TPSA) is 25.8 Å². The van der Waals surface area contributed by atoms with Crippen molar-refractivity contribution in [2.45, 2.75) is 71.1 Å². The van der Waals surface area contributed by atoms with Crippen LogP contribution in [-0.4, -0.2) is 23.2 Å². The van der Waals surface area contributed by atoms with Gasteiger partial charge in [-0.05, 0) is 50.7 Å². The van der Waals surface area contributed by atoms with Crippen LogP contribution in [0.2, 0.25) is 17.3 Å². The van der Waals surface area contributed by atoms with E-state index in [1.807, 2.05) is 45.0 Å². The summed E-state index contributed by atoms with van der Waals surface area (Å²) in [6, 6.07) is 48.7. The molecule has 0 aliphatic carbocycles. The van der Waals surface area contributed by atoms with Gasteiger partial charge >= 0.3 is 142 Å². The van der Waals surface area contributed by atoms with E-state index in [1.54, 1.807) is 23.6 Å². The van der Waals surface area contributed by atoms with Gasteiger partial charge in [0, 0.05) is 39.3 Å². The van der Waals surface area contributed by atoms with Crippen LogP contribution >= 0.6 is 11.3 Å². The maximum Gasteiger partial charge on any atom is 0.0321 e. The summed E-state index contributed by atoms with van der Waals surface area (Å²) in [4.78, 5) is 9.39. The second-order valence-electron chi connectivity index (χ2n) is 16.9. The van der Waals surface area contributed by atoms with E-state index in [2.05, 4.69) is 152 Å². The Balaban J connectivity index is 0.000000212. The van der Waals surface area contributed by atoms with Gasteiger partial charge in [0.05, 0.1) is 0 Å². The van der Waals surface area contributed by atoms with E-state index in [9.17, 15) is 0 Å². The van der Waals surface area contributed by atoms with Crippen molar-refractivity contribution >= 4 is 49.2 Å². The molecule has 0 bridgehead atoms. The number of fused-ring (bicyclic) bond motifs is 3. The van der Waals surface area contributed by atoms with Crippen molar-refractivity contribution < 1.29 is 22.8 Å². The zero-order chi connectivity index (χ0) is 41.4. The summed E-state index contributed by atoms with van der Waals surface area (Å²) < 4.78 is 21.4. The number of pyridine rings is 2. The number of thiophene rings is 1. The normalized spacial score (nSPS) is 12.5. The van der Waals surface area contributed by atoms with Crippen molar-refractivity contribution in [3.8, 4) is 44.8 Å². The van der Waals surface area contributed by atoms with Crippen LogP contribution in [0.3, 0.4) is 0 Å². The van der Waals surface area contributed by atoms with Crippen molar-refractivity contribution in [1.82, 2.24) is 9.97 Å². The van der Waals surface area contributed by atoms with E-state index >= 15 is 0 Å². The van der Waals surface area contributed by atoms with Crippen molar-refractivity contribution in [2.75, 3.05) is 0 Å². The number of hydrogen-bond acceptors (Lipinski definition) is 3. The molecule has 0 unspecified atom stereocenters. The van der Waals surface area contributed by atoms with E-state index in [0.717, 1.165) is 27.2 Å². The van der Waals surface area contributed by atoms with E-state index in [-0.39, 0.29) is 20.1 Å². The Kier molecular flexibility index (Phi) is 12.3. The Morgan fingerprint density at radius 3 is 2.04 bits per heavy atom. The summed E-state index contributed by atoms with van der Waals surface area (Å²) in [7, 11) is 0. The van der Waals surface area contributed by atoms with Crippen LogP contribution in [0, 0.1) is 24.5 Å². The molecule has 0 saturated heterocycles. The molecule has 0 aliphatic rings. The summed E-state index contributed by atoms with van der Waals surface area (Å²) >= 11 is -0.0570. The number of benzene rings is 5. The average Bonchev–Trinajstić information content (AvgIpc) is 3.59. The molecule has 0 atom stereocenters. The predicted molar refractivity (Wildman–Crippen MR) is 246 cm³/mol. The summed E-state index contributed by atoms with van der Waals surface area (Å²) in [5.74, 6) is 7.63. The summed E-state index contributed by atoms with van der Waals surface area (Å²) in [5.41, 5.74) is 11.5. The minimum absolute atomic E-state index is 0. The molecule has 3 aromatic heterocycles. The fourth-order valence-corrected chi connectivity index (χ4v) is 12.4. The van der Waals surface area contributed by atoms with Gasteiger partial charge < -0.3 is 4.98 Å². The van der Waals surface area contributed by atoms with Crippen molar-refractivity contribution in [2.24, 2.45) is 5.41 Å². The zero-order valence-corrected chi connectivity index (χ0v) is 39.7. The van der Waals surface area contributed by atoms with Crippen LogP contribution in [0.5, 0.6) is 0 Å². The van der Waals surface area contributed by atoms with Crippen molar-refractivity contribution in [1.29, 1.82) is 0 Å². The largest absolute Gasteiger partial charge is 0.305 e. The molecule has 0 fully saturated rings. The number of hydrogen-bond donors (Lipinski definition) is 0. The second-order valence-corrected chi connectivity index (χ2v) is 28.5. The van der Waals surface area contributed by atoms with Gasteiger partial charge in [-0.3, -0.25) is 0 Å². The molecule has 8 rings (SSSR count). The Morgan fingerprint density at radius 2 is 1.39 bits per heavy atom. The minimum Gasteiger partial charge on any atom is -0.305 e. The summed E-state index contributed by atoms with van der Waals surface area (Å²) in [5, 5.41) is 2.43. The maximum absolute atomic E-state index is 8.75. The van der Waals surface area contributed by atoms with Gasteiger partial charge in [-0.25, -0.2) is 0 Å². The first-order valence-electron chi connectivity index (χ1n) is 20.5. The first-order chi connectivity index (χ1) is 27.5. The standard InChI is InChI=1S/C31H30NS.C21H22GeN.Ir/c1-20(2)23-14-15-25-24-12-9-13-26(27-18-21(16-17-32-27)19-31(3,4)5)29(24)33-30(25)28(23)22-10-7-6-8-11-22;1-16-13-21(23-15-20(16)22(2,3)4)19-12-8-11-18(14-19)17-9-6-5-7-10-17;/h6-12,14-18,20H,19H2,1-5H3;5-11,13-15H,1-4H3;/q2*-1;/i19D2;;. The fraction of sp³-hybridized carbons (Fsp3) is 0.231. The number of aromatic nitrogens is 2. The Morgan fingerprint density at radius 1 is 0.719 bits per heavy atom. The number of nitrogens with zero attached hydrogens (tertiary/aromatic N) is 2. The first-order valence-corrected chi connectivity index (χ1v) is 27.7. The van der Waals surface area contributed by atoms with Crippen molar-refractivity contribution in [3.05, 3.63) is 163 Å². The van der Waals surface area contributed by atoms with Crippen molar-refractivity contribution in [3.63, 3.8) is 0 Å². The van der Waals surface area contributed by atoms with E-state index in [0.29, 0.717) is 11.5 Å². The van der Waals surface area contributed by atoms with Gasteiger partial charge in [0.15, 0.2) is 0 Å². The molecular weight excluding hydrogens is 949 g/mol. The quantitative estimate of drug-likeness (QED) is 0.117. The molecule has 1 radical (unpaired) electrons. The molecule has 2 nitrogen and oxygen atoms in total. The van der Waals surface area contributed by atoms with Gasteiger partial charge in [0.25, 0.3) is 0 Å². The van der Waals surface area contributed by atoms with E-state index in [4.69, 9.17) is 7.73 Å². The second kappa shape index (κ2) is 17.8. The molecule has 0 aliphatic heterocycles. The Labute approximate surface area is 363 Å². The van der Waals surface area contributed by atoms with Crippen LogP contribution in [-0.2, 0) is 26.5 Å². The number of aryl methyl sites for hydroxylation is 1. The fourth-order valence-electron chi connectivity index (χ4n) is 7.39. The molecule has 291 valence electrons. The third kappa shape index (κ3) is 9.75. The number of rotatable bonds is 7. The van der Waals surface area contributed by atoms with Gasteiger partial charge in [-0.1, -0.05) is 94.1 Å². The molecule has 57 heavy (non-hydrogen) atoms.